The minimum Gasteiger partial charge on any atom is -0.309 e. The van der Waals surface area contributed by atoms with Gasteiger partial charge in [0.2, 0.25) is 0 Å². The summed E-state index contributed by atoms with van der Waals surface area (Å²) < 4.78 is 2.96. The maximum atomic E-state index is 12.3. The van der Waals surface area contributed by atoms with Gasteiger partial charge in [0.25, 0.3) is 0 Å². The highest BCUT2D eigenvalue weighted by atomic mass is 16.2. The highest BCUT2D eigenvalue weighted by molar-refractivity contribution is 5.40. The van der Waals surface area contributed by atoms with Crippen LogP contribution in [0.2, 0.25) is 0 Å². The number of aromatic nitrogens is 2. The van der Waals surface area contributed by atoms with Crippen LogP contribution in [0.3, 0.4) is 0 Å². The average Bonchev–Trinajstić information content (AvgIpc) is 2.48. The molecule has 0 spiro atoms. The van der Waals surface area contributed by atoms with E-state index < -0.39 is 11.1 Å². The largest absolute Gasteiger partial charge is 0.320 e. The molecule has 112 valence electrons. The van der Waals surface area contributed by atoms with Crippen LogP contribution in [0, 0.1) is 5.92 Å². The number of hydrogen-bond donors (Lipinski definition) is 0. The summed E-state index contributed by atoms with van der Waals surface area (Å²) in [4.78, 5) is 24.5. The van der Waals surface area contributed by atoms with Gasteiger partial charge in [0.15, 0.2) is 0 Å². The van der Waals surface area contributed by atoms with Crippen LogP contribution in [-0.4, -0.2) is 9.13 Å². The highest BCUT2D eigenvalue weighted by Crippen LogP contribution is 2.12. The SMILES string of the molecule is CCc1ccccc1-n1ccn(CCC(C)C)c(=O)c1=O. The van der Waals surface area contributed by atoms with Crippen molar-refractivity contribution in [2.45, 2.75) is 40.2 Å². The van der Waals surface area contributed by atoms with Crippen LogP contribution in [0.5, 0.6) is 0 Å². The van der Waals surface area contributed by atoms with Gasteiger partial charge in [-0.1, -0.05) is 39.0 Å². The fraction of sp³-hybridized carbons (Fsp3) is 0.412. The summed E-state index contributed by atoms with van der Waals surface area (Å²) >= 11 is 0. The molecule has 0 N–H and O–H groups in total. The Morgan fingerprint density at radius 3 is 2.43 bits per heavy atom. The van der Waals surface area contributed by atoms with Gasteiger partial charge in [0.05, 0.1) is 5.69 Å². The van der Waals surface area contributed by atoms with Gasteiger partial charge in [-0.15, -0.1) is 0 Å². The first kappa shape index (κ1) is 15.3. The second-order valence-electron chi connectivity index (χ2n) is 5.64. The summed E-state index contributed by atoms with van der Waals surface area (Å²) in [7, 11) is 0. The number of nitrogens with zero attached hydrogens (tertiary/aromatic N) is 2. The molecule has 0 bridgehead atoms. The molecule has 1 aromatic carbocycles. The van der Waals surface area contributed by atoms with E-state index in [9.17, 15) is 9.59 Å². The van der Waals surface area contributed by atoms with Crippen LogP contribution < -0.4 is 11.1 Å². The number of para-hydroxylation sites is 1. The molecular weight excluding hydrogens is 264 g/mol. The molecule has 0 fully saturated rings. The third kappa shape index (κ3) is 3.32. The molecule has 0 unspecified atom stereocenters. The molecule has 0 radical (unpaired) electrons. The maximum absolute atomic E-state index is 12.3. The molecule has 4 heteroatoms. The van der Waals surface area contributed by atoms with Crippen molar-refractivity contribution in [3.8, 4) is 5.69 Å². The van der Waals surface area contributed by atoms with Crippen LogP contribution in [0.4, 0.5) is 0 Å². The first-order valence-corrected chi connectivity index (χ1v) is 7.45. The van der Waals surface area contributed by atoms with E-state index in [-0.39, 0.29) is 0 Å². The van der Waals surface area contributed by atoms with Gasteiger partial charge in [-0.3, -0.25) is 14.2 Å². The monoisotopic (exact) mass is 286 g/mol. The van der Waals surface area contributed by atoms with Crippen molar-refractivity contribution in [3.63, 3.8) is 0 Å². The van der Waals surface area contributed by atoms with Crippen molar-refractivity contribution < 1.29 is 0 Å². The standard InChI is InChI=1S/C17H22N2O2/c1-4-14-7-5-6-8-15(14)19-12-11-18(10-9-13(2)3)16(20)17(19)21/h5-8,11-13H,4,9-10H2,1-3H3. The Morgan fingerprint density at radius 1 is 1.05 bits per heavy atom. The fourth-order valence-corrected chi connectivity index (χ4v) is 2.32. The van der Waals surface area contributed by atoms with E-state index in [1.807, 2.05) is 31.2 Å². The summed E-state index contributed by atoms with van der Waals surface area (Å²) in [5.41, 5.74) is 0.906. The van der Waals surface area contributed by atoms with E-state index in [4.69, 9.17) is 0 Å². The number of benzene rings is 1. The van der Waals surface area contributed by atoms with Crippen LogP contribution in [-0.2, 0) is 13.0 Å². The Balaban J connectivity index is 2.46. The average molecular weight is 286 g/mol. The molecule has 2 aromatic rings. The quantitative estimate of drug-likeness (QED) is 0.793. The Bertz CT molecular complexity index is 726. The van der Waals surface area contributed by atoms with Crippen LogP contribution in [0.25, 0.3) is 5.69 Å². The normalized spacial score (nSPS) is 11.0. The molecular formula is C17H22N2O2. The van der Waals surface area contributed by atoms with E-state index in [2.05, 4.69) is 13.8 Å². The van der Waals surface area contributed by atoms with Crippen molar-refractivity contribution in [3.05, 3.63) is 62.9 Å². The lowest BCUT2D eigenvalue weighted by molar-refractivity contribution is 0.503. The van der Waals surface area contributed by atoms with E-state index in [1.54, 1.807) is 12.4 Å². The minimum atomic E-state index is -0.484. The zero-order valence-electron chi connectivity index (χ0n) is 12.9. The Hall–Kier alpha value is -2.10. The van der Waals surface area contributed by atoms with Crippen molar-refractivity contribution in [2.24, 2.45) is 5.92 Å². The first-order valence-electron chi connectivity index (χ1n) is 7.45. The van der Waals surface area contributed by atoms with Crippen LogP contribution >= 0.6 is 0 Å². The van der Waals surface area contributed by atoms with Gasteiger partial charge >= 0.3 is 11.1 Å². The molecule has 21 heavy (non-hydrogen) atoms. The molecule has 0 aliphatic rings. The van der Waals surface area contributed by atoms with Crippen molar-refractivity contribution in [1.82, 2.24) is 9.13 Å². The lowest BCUT2D eigenvalue weighted by Gasteiger charge is -2.12. The second kappa shape index (κ2) is 6.57. The minimum absolute atomic E-state index is 0.455. The Morgan fingerprint density at radius 2 is 1.76 bits per heavy atom. The van der Waals surface area contributed by atoms with Crippen LogP contribution in [0.15, 0.2) is 46.2 Å². The molecule has 0 saturated heterocycles. The maximum Gasteiger partial charge on any atom is 0.320 e. The highest BCUT2D eigenvalue weighted by Gasteiger charge is 2.09. The van der Waals surface area contributed by atoms with Crippen LogP contribution in [0.1, 0.15) is 32.8 Å². The summed E-state index contributed by atoms with van der Waals surface area (Å²) in [6.45, 7) is 6.82. The Kier molecular flexibility index (Phi) is 4.78. The molecule has 0 amide bonds. The lowest BCUT2D eigenvalue weighted by Crippen LogP contribution is -2.40. The fourth-order valence-electron chi connectivity index (χ4n) is 2.32. The van der Waals surface area contributed by atoms with E-state index in [0.717, 1.165) is 24.1 Å². The molecule has 0 aliphatic heterocycles. The molecule has 4 nitrogen and oxygen atoms in total. The van der Waals surface area contributed by atoms with Gasteiger partial charge in [0.1, 0.15) is 0 Å². The van der Waals surface area contributed by atoms with Gasteiger partial charge < -0.3 is 4.57 Å². The summed E-state index contributed by atoms with van der Waals surface area (Å²) in [6.07, 6.45) is 5.10. The number of rotatable bonds is 5. The van der Waals surface area contributed by atoms with Gasteiger partial charge in [0, 0.05) is 18.9 Å². The smallest absolute Gasteiger partial charge is 0.309 e. The van der Waals surface area contributed by atoms with Gasteiger partial charge in [-0.2, -0.15) is 0 Å². The lowest BCUT2D eigenvalue weighted by atomic mass is 10.1. The van der Waals surface area contributed by atoms with Crippen molar-refractivity contribution in [2.75, 3.05) is 0 Å². The van der Waals surface area contributed by atoms with Gasteiger partial charge in [-0.25, -0.2) is 0 Å². The second-order valence-corrected chi connectivity index (χ2v) is 5.64. The van der Waals surface area contributed by atoms with E-state index in [0.29, 0.717) is 12.5 Å². The topological polar surface area (TPSA) is 44.0 Å². The molecule has 0 atom stereocenters. The number of hydrogen-bond acceptors (Lipinski definition) is 2. The predicted molar refractivity (Wildman–Crippen MR) is 85.1 cm³/mol. The third-order valence-electron chi connectivity index (χ3n) is 3.64. The van der Waals surface area contributed by atoms with Crippen molar-refractivity contribution in [1.29, 1.82) is 0 Å². The number of aryl methyl sites for hydroxylation is 2. The first-order chi connectivity index (χ1) is 10.0. The summed E-state index contributed by atoms with van der Waals surface area (Å²) in [5.74, 6) is 0.500. The third-order valence-corrected chi connectivity index (χ3v) is 3.64. The van der Waals surface area contributed by atoms with E-state index in [1.165, 1.54) is 9.13 Å². The summed E-state index contributed by atoms with van der Waals surface area (Å²) in [5, 5.41) is 0. The zero-order chi connectivity index (χ0) is 15.4. The van der Waals surface area contributed by atoms with Crippen molar-refractivity contribution >= 4 is 0 Å². The van der Waals surface area contributed by atoms with Gasteiger partial charge in [-0.05, 0) is 30.4 Å². The molecule has 0 saturated carbocycles. The molecule has 1 aromatic heterocycles. The molecule has 0 aliphatic carbocycles. The Labute approximate surface area is 124 Å². The predicted octanol–water partition coefficient (Wildman–Crippen LogP) is 2.61. The van der Waals surface area contributed by atoms with E-state index >= 15 is 0 Å². The molecule has 1 heterocycles. The zero-order valence-corrected chi connectivity index (χ0v) is 12.9. The molecule has 2 rings (SSSR count). The summed E-state index contributed by atoms with van der Waals surface area (Å²) in [6, 6.07) is 7.67.